The molecule has 0 fully saturated rings. The number of ether oxygens (including phenoxy) is 1. The van der Waals surface area contributed by atoms with Gasteiger partial charge in [0, 0.05) is 0 Å². The van der Waals surface area contributed by atoms with Crippen LogP contribution < -0.4 is 10.5 Å². The minimum absolute atomic E-state index is 0.00666. The van der Waals surface area contributed by atoms with Crippen molar-refractivity contribution in [1.29, 1.82) is 5.41 Å². The van der Waals surface area contributed by atoms with E-state index in [-0.39, 0.29) is 17.1 Å². The first kappa shape index (κ1) is 14.1. The van der Waals surface area contributed by atoms with Crippen LogP contribution in [-0.4, -0.2) is 5.84 Å². The molecular formula is C16H17FN2O. The van der Waals surface area contributed by atoms with E-state index in [9.17, 15) is 4.39 Å². The van der Waals surface area contributed by atoms with E-state index in [1.54, 1.807) is 6.07 Å². The zero-order valence-electron chi connectivity index (χ0n) is 11.8. The van der Waals surface area contributed by atoms with Gasteiger partial charge < -0.3 is 10.5 Å². The number of hydrogen-bond acceptors (Lipinski definition) is 2. The number of benzene rings is 2. The van der Waals surface area contributed by atoms with E-state index in [1.165, 1.54) is 12.1 Å². The summed E-state index contributed by atoms with van der Waals surface area (Å²) in [7, 11) is 0. The second-order valence-electron chi connectivity index (χ2n) is 4.78. The quantitative estimate of drug-likeness (QED) is 0.659. The van der Waals surface area contributed by atoms with Crippen LogP contribution in [0.4, 0.5) is 4.39 Å². The number of nitrogens with two attached hydrogens (primary N) is 1. The molecule has 0 saturated carbocycles. The van der Waals surface area contributed by atoms with Crippen LogP contribution in [0.2, 0.25) is 0 Å². The fourth-order valence-electron chi connectivity index (χ4n) is 2.04. The molecule has 2 aromatic carbocycles. The number of halogens is 1. The number of nitrogen functional groups attached to an aromatic ring is 1. The highest BCUT2D eigenvalue weighted by Gasteiger charge is 2.15. The molecule has 0 aliphatic rings. The van der Waals surface area contributed by atoms with Gasteiger partial charge in [0.05, 0.1) is 5.56 Å². The molecule has 0 atom stereocenters. The Bertz CT molecular complexity index is 680. The first-order chi connectivity index (χ1) is 9.41. The Labute approximate surface area is 117 Å². The van der Waals surface area contributed by atoms with Crippen LogP contribution in [0.25, 0.3) is 0 Å². The SMILES string of the molecule is Cc1ccc(C)c(Oc2cccc(F)c2C(=N)N)c1C. The molecule has 2 aromatic rings. The Morgan fingerprint density at radius 3 is 2.40 bits per heavy atom. The number of hydrogen-bond donors (Lipinski definition) is 2. The Hall–Kier alpha value is -2.36. The lowest BCUT2D eigenvalue weighted by Gasteiger charge is -2.16. The molecule has 0 amide bonds. The lowest BCUT2D eigenvalue weighted by atomic mass is 10.1. The molecule has 104 valence electrons. The lowest BCUT2D eigenvalue weighted by molar-refractivity contribution is 0.467. The largest absolute Gasteiger partial charge is 0.456 e. The maximum absolute atomic E-state index is 13.8. The number of nitrogens with one attached hydrogen (secondary N) is 1. The molecular weight excluding hydrogens is 255 g/mol. The van der Waals surface area contributed by atoms with E-state index in [0.717, 1.165) is 16.7 Å². The van der Waals surface area contributed by atoms with Gasteiger partial charge >= 0.3 is 0 Å². The zero-order valence-corrected chi connectivity index (χ0v) is 11.8. The predicted molar refractivity (Wildman–Crippen MR) is 78.1 cm³/mol. The van der Waals surface area contributed by atoms with E-state index in [0.29, 0.717) is 5.75 Å². The van der Waals surface area contributed by atoms with Gasteiger partial charge in [0.25, 0.3) is 0 Å². The molecule has 0 aliphatic carbocycles. The molecule has 0 unspecified atom stereocenters. The molecule has 0 aliphatic heterocycles. The Kier molecular flexibility index (Phi) is 3.74. The topological polar surface area (TPSA) is 59.1 Å². The highest BCUT2D eigenvalue weighted by molar-refractivity contribution is 5.98. The van der Waals surface area contributed by atoms with Crippen LogP contribution in [-0.2, 0) is 0 Å². The van der Waals surface area contributed by atoms with E-state index in [1.807, 2.05) is 32.9 Å². The Balaban J connectivity index is 2.54. The molecule has 20 heavy (non-hydrogen) atoms. The first-order valence-corrected chi connectivity index (χ1v) is 6.29. The second-order valence-corrected chi connectivity index (χ2v) is 4.78. The first-order valence-electron chi connectivity index (χ1n) is 6.29. The summed E-state index contributed by atoms with van der Waals surface area (Å²) < 4.78 is 19.6. The number of aryl methyl sites for hydroxylation is 2. The van der Waals surface area contributed by atoms with Crippen LogP contribution in [0.5, 0.6) is 11.5 Å². The highest BCUT2D eigenvalue weighted by atomic mass is 19.1. The van der Waals surface area contributed by atoms with Crippen molar-refractivity contribution >= 4 is 5.84 Å². The number of rotatable bonds is 3. The average molecular weight is 272 g/mol. The van der Waals surface area contributed by atoms with Gasteiger partial charge in [-0.3, -0.25) is 5.41 Å². The molecule has 0 heterocycles. The Morgan fingerprint density at radius 1 is 1.10 bits per heavy atom. The van der Waals surface area contributed by atoms with Crippen molar-refractivity contribution in [2.45, 2.75) is 20.8 Å². The third kappa shape index (κ3) is 2.50. The summed E-state index contributed by atoms with van der Waals surface area (Å²) in [5.41, 5.74) is 8.46. The third-order valence-electron chi connectivity index (χ3n) is 3.33. The van der Waals surface area contributed by atoms with Crippen LogP contribution >= 0.6 is 0 Å². The maximum Gasteiger partial charge on any atom is 0.141 e. The summed E-state index contributed by atoms with van der Waals surface area (Å²) in [5.74, 6) is 0.0337. The minimum Gasteiger partial charge on any atom is -0.456 e. The third-order valence-corrected chi connectivity index (χ3v) is 3.33. The van der Waals surface area contributed by atoms with Gasteiger partial charge in [0.2, 0.25) is 0 Å². The van der Waals surface area contributed by atoms with Gasteiger partial charge in [-0.25, -0.2) is 4.39 Å². The van der Waals surface area contributed by atoms with Crippen molar-refractivity contribution in [1.82, 2.24) is 0 Å². The van der Waals surface area contributed by atoms with Crippen LogP contribution in [0.3, 0.4) is 0 Å². The standard InChI is InChI=1S/C16H17FN2O/c1-9-7-8-10(2)15(11(9)3)20-13-6-4-5-12(17)14(13)16(18)19/h4-8H,1-3H3,(H3,18,19). The summed E-state index contributed by atoms with van der Waals surface area (Å²) in [6.07, 6.45) is 0. The summed E-state index contributed by atoms with van der Waals surface area (Å²) in [6, 6.07) is 8.37. The normalized spacial score (nSPS) is 10.4. The molecule has 4 heteroatoms. The molecule has 0 spiro atoms. The van der Waals surface area contributed by atoms with Crippen LogP contribution in [0, 0.1) is 32.0 Å². The fourth-order valence-corrected chi connectivity index (χ4v) is 2.04. The fraction of sp³-hybridized carbons (Fsp3) is 0.188. The number of amidine groups is 1. The van der Waals surface area contributed by atoms with Crippen molar-refractivity contribution < 1.29 is 9.13 Å². The van der Waals surface area contributed by atoms with Crippen molar-refractivity contribution in [3.8, 4) is 11.5 Å². The van der Waals surface area contributed by atoms with Crippen LogP contribution in [0.15, 0.2) is 30.3 Å². The van der Waals surface area contributed by atoms with E-state index in [4.69, 9.17) is 15.9 Å². The summed E-state index contributed by atoms with van der Waals surface area (Å²) in [6.45, 7) is 5.86. The smallest absolute Gasteiger partial charge is 0.141 e. The van der Waals surface area contributed by atoms with Crippen molar-refractivity contribution in [2.24, 2.45) is 5.73 Å². The van der Waals surface area contributed by atoms with Gasteiger partial charge in [0.1, 0.15) is 23.2 Å². The summed E-state index contributed by atoms with van der Waals surface area (Å²) in [5, 5.41) is 7.49. The van der Waals surface area contributed by atoms with Crippen LogP contribution in [0.1, 0.15) is 22.3 Å². The van der Waals surface area contributed by atoms with Gasteiger partial charge in [0.15, 0.2) is 0 Å². The molecule has 0 radical (unpaired) electrons. The van der Waals surface area contributed by atoms with E-state index >= 15 is 0 Å². The minimum atomic E-state index is -0.557. The van der Waals surface area contributed by atoms with Gasteiger partial charge in [-0.1, -0.05) is 18.2 Å². The molecule has 2 rings (SSSR count). The van der Waals surface area contributed by atoms with Crippen molar-refractivity contribution in [3.05, 3.63) is 58.4 Å². The average Bonchev–Trinajstić information content (AvgIpc) is 2.39. The van der Waals surface area contributed by atoms with Gasteiger partial charge in [-0.05, 0) is 49.6 Å². The molecule has 0 aromatic heterocycles. The zero-order chi connectivity index (χ0) is 14.9. The maximum atomic E-state index is 13.8. The van der Waals surface area contributed by atoms with Crippen molar-refractivity contribution in [3.63, 3.8) is 0 Å². The summed E-state index contributed by atoms with van der Waals surface area (Å²) >= 11 is 0. The van der Waals surface area contributed by atoms with E-state index in [2.05, 4.69) is 0 Å². The second kappa shape index (κ2) is 5.33. The molecule has 3 nitrogen and oxygen atoms in total. The molecule has 3 N–H and O–H groups in total. The molecule has 0 saturated heterocycles. The van der Waals surface area contributed by atoms with E-state index < -0.39 is 5.82 Å². The Morgan fingerprint density at radius 2 is 1.75 bits per heavy atom. The summed E-state index contributed by atoms with van der Waals surface area (Å²) in [4.78, 5) is 0. The van der Waals surface area contributed by atoms with Gasteiger partial charge in [-0.15, -0.1) is 0 Å². The van der Waals surface area contributed by atoms with Gasteiger partial charge in [-0.2, -0.15) is 0 Å². The predicted octanol–water partition coefficient (Wildman–Crippen LogP) is 3.83. The highest BCUT2D eigenvalue weighted by Crippen LogP contribution is 2.33. The monoisotopic (exact) mass is 272 g/mol. The lowest BCUT2D eigenvalue weighted by Crippen LogP contribution is -2.14. The molecule has 0 bridgehead atoms. The van der Waals surface area contributed by atoms with Crippen molar-refractivity contribution in [2.75, 3.05) is 0 Å².